The smallest absolute Gasteiger partial charge is 0.334 e. The molecule has 0 fully saturated rings. The van der Waals surface area contributed by atoms with E-state index < -0.39 is 29.2 Å². The van der Waals surface area contributed by atoms with Gasteiger partial charge in [0.2, 0.25) is 5.91 Å². The van der Waals surface area contributed by atoms with Crippen molar-refractivity contribution in [3.63, 3.8) is 0 Å². The molecule has 0 bridgehead atoms. The average Bonchev–Trinajstić information content (AvgIpc) is 3.41. The van der Waals surface area contributed by atoms with E-state index in [-0.39, 0.29) is 24.7 Å². The zero-order valence-electron chi connectivity index (χ0n) is 22.3. The van der Waals surface area contributed by atoms with Crippen LogP contribution in [0.4, 0.5) is 5.69 Å². The summed E-state index contributed by atoms with van der Waals surface area (Å²) < 4.78 is 17.0. The largest absolute Gasteiger partial charge is 0.496 e. The molecule has 0 N–H and O–H groups in total. The molecule has 0 saturated carbocycles. The second kappa shape index (κ2) is 10.8. The van der Waals surface area contributed by atoms with Gasteiger partial charge in [0, 0.05) is 24.1 Å². The van der Waals surface area contributed by atoms with Crippen molar-refractivity contribution < 1.29 is 28.6 Å². The van der Waals surface area contributed by atoms with E-state index in [0.717, 1.165) is 11.1 Å². The Balaban J connectivity index is 1.67. The number of hydrogen-bond donors (Lipinski definition) is 0. The van der Waals surface area contributed by atoms with Gasteiger partial charge in [-0.25, -0.2) is 4.79 Å². The molecular formula is C32H31NO6. The average molecular weight is 526 g/mol. The summed E-state index contributed by atoms with van der Waals surface area (Å²) in [4.78, 5) is 43.4. The first kappa shape index (κ1) is 26.2. The highest BCUT2D eigenvalue weighted by Crippen LogP contribution is 2.60. The summed E-state index contributed by atoms with van der Waals surface area (Å²) in [6.45, 7) is 1.84. The van der Waals surface area contributed by atoms with Crippen LogP contribution in [0.2, 0.25) is 0 Å². The van der Waals surface area contributed by atoms with Gasteiger partial charge in [0.25, 0.3) is 0 Å². The Morgan fingerprint density at radius 2 is 1.56 bits per heavy atom. The van der Waals surface area contributed by atoms with Gasteiger partial charge in [-0.1, -0.05) is 72.8 Å². The Labute approximate surface area is 228 Å². The number of ether oxygens (including phenoxy) is 3. The molecule has 1 heterocycles. The first-order chi connectivity index (χ1) is 18.9. The lowest BCUT2D eigenvalue weighted by Crippen LogP contribution is -2.51. The number of anilines is 1. The summed E-state index contributed by atoms with van der Waals surface area (Å²) >= 11 is 0. The van der Waals surface area contributed by atoms with Crippen molar-refractivity contribution in [1.29, 1.82) is 0 Å². The van der Waals surface area contributed by atoms with Crippen LogP contribution in [0.1, 0.15) is 23.6 Å². The van der Waals surface area contributed by atoms with Gasteiger partial charge in [-0.2, -0.15) is 0 Å². The van der Waals surface area contributed by atoms with Crippen LogP contribution in [0, 0.1) is 11.8 Å². The number of methoxy groups -OCH3 is 1. The van der Waals surface area contributed by atoms with Gasteiger partial charge in [0.1, 0.15) is 23.7 Å². The fraction of sp³-hybridized carbons (Fsp3) is 0.281. The number of carbonyl (C=O) groups is 3. The standard InChI is InChI=1S/C32H31NO6/c1-4-38-30(35)27-24(29(34)39-20-22-14-9-6-10-15-22)19-23(18-21-12-7-5-8-13-21)32(27)28-25(33(2)31(32)36)16-11-17-26(28)37-3/h5-17,19,23,27H,4,18,20H2,1-3H3/t23-,27+,32+/m1/s1. The van der Waals surface area contributed by atoms with Crippen molar-refractivity contribution in [2.75, 3.05) is 25.7 Å². The van der Waals surface area contributed by atoms with Crippen LogP contribution in [0.15, 0.2) is 90.5 Å². The van der Waals surface area contributed by atoms with Gasteiger partial charge >= 0.3 is 11.9 Å². The highest BCUT2D eigenvalue weighted by Gasteiger charge is 2.67. The number of hydrogen-bond acceptors (Lipinski definition) is 6. The molecule has 200 valence electrons. The fourth-order valence-corrected chi connectivity index (χ4v) is 6.01. The van der Waals surface area contributed by atoms with Crippen LogP contribution in [-0.2, 0) is 42.3 Å². The van der Waals surface area contributed by atoms with Gasteiger partial charge in [-0.3, -0.25) is 9.59 Å². The zero-order valence-corrected chi connectivity index (χ0v) is 22.3. The maximum atomic E-state index is 14.4. The van der Waals surface area contributed by atoms with E-state index in [4.69, 9.17) is 14.2 Å². The Bertz CT molecular complexity index is 1420. The Morgan fingerprint density at radius 3 is 2.21 bits per heavy atom. The van der Waals surface area contributed by atoms with Crippen LogP contribution < -0.4 is 9.64 Å². The number of amides is 1. The lowest BCUT2D eigenvalue weighted by molar-refractivity contribution is -0.154. The molecule has 7 nitrogen and oxygen atoms in total. The zero-order chi connectivity index (χ0) is 27.6. The summed E-state index contributed by atoms with van der Waals surface area (Å²) in [5.74, 6) is -2.85. The number of esters is 2. The Morgan fingerprint density at radius 1 is 0.897 bits per heavy atom. The molecule has 1 aliphatic carbocycles. The molecule has 1 aliphatic heterocycles. The van der Waals surface area contributed by atoms with E-state index in [1.807, 2.05) is 72.8 Å². The Hall–Kier alpha value is -4.39. The molecule has 2 aliphatic rings. The molecule has 3 atom stereocenters. The number of nitrogens with zero attached hydrogens (tertiary/aromatic N) is 1. The number of rotatable bonds is 8. The summed E-state index contributed by atoms with van der Waals surface area (Å²) in [6.07, 6.45) is 2.17. The monoisotopic (exact) mass is 525 g/mol. The van der Waals surface area contributed by atoms with E-state index in [1.165, 1.54) is 7.11 Å². The topological polar surface area (TPSA) is 82.1 Å². The molecule has 0 saturated heterocycles. The van der Waals surface area contributed by atoms with E-state index in [0.29, 0.717) is 23.4 Å². The molecule has 3 aromatic carbocycles. The van der Waals surface area contributed by atoms with Gasteiger partial charge in [0.05, 0.1) is 19.4 Å². The molecule has 0 radical (unpaired) electrons. The van der Waals surface area contributed by atoms with Crippen molar-refractivity contribution >= 4 is 23.5 Å². The molecule has 3 aromatic rings. The number of carbonyl (C=O) groups excluding carboxylic acids is 3. The number of benzene rings is 3. The van der Waals surface area contributed by atoms with Crippen LogP contribution in [0.25, 0.3) is 0 Å². The van der Waals surface area contributed by atoms with E-state index in [1.54, 1.807) is 31.0 Å². The first-order valence-electron chi connectivity index (χ1n) is 13.0. The lowest BCUT2D eigenvalue weighted by atomic mass is 9.64. The maximum Gasteiger partial charge on any atom is 0.334 e. The molecule has 1 spiro atoms. The van der Waals surface area contributed by atoms with Crippen LogP contribution in [0.3, 0.4) is 0 Å². The molecular weight excluding hydrogens is 494 g/mol. The van der Waals surface area contributed by atoms with Crippen molar-refractivity contribution in [3.05, 3.63) is 107 Å². The van der Waals surface area contributed by atoms with Crippen molar-refractivity contribution in [2.24, 2.45) is 11.8 Å². The highest BCUT2D eigenvalue weighted by atomic mass is 16.5. The van der Waals surface area contributed by atoms with Crippen LogP contribution in [0.5, 0.6) is 5.75 Å². The highest BCUT2D eigenvalue weighted by molar-refractivity contribution is 6.14. The summed E-state index contributed by atoms with van der Waals surface area (Å²) in [5.41, 5.74) is 1.70. The maximum absolute atomic E-state index is 14.4. The molecule has 1 amide bonds. The molecule has 39 heavy (non-hydrogen) atoms. The molecule has 0 aromatic heterocycles. The van der Waals surface area contributed by atoms with Crippen LogP contribution in [-0.4, -0.2) is 38.6 Å². The minimum Gasteiger partial charge on any atom is -0.496 e. The summed E-state index contributed by atoms with van der Waals surface area (Å²) in [5, 5.41) is 0. The van der Waals surface area contributed by atoms with Gasteiger partial charge in [-0.05, 0) is 36.6 Å². The van der Waals surface area contributed by atoms with Crippen LogP contribution >= 0.6 is 0 Å². The minimum absolute atomic E-state index is 0.0384. The first-order valence-corrected chi connectivity index (χ1v) is 13.0. The third kappa shape index (κ3) is 4.38. The van der Waals surface area contributed by atoms with Crippen molar-refractivity contribution in [2.45, 2.75) is 25.4 Å². The molecule has 5 rings (SSSR count). The number of allylic oxidation sites excluding steroid dienone is 1. The summed E-state index contributed by atoms with van der Waals surface area (Å²) in [6, 6.07) is 24.5. The third-order valence-electron chi connectivity index (χ3n) is 7.66. The predicted molar refractivity (Wildman–Crippen MR) is 146 cm³/mol. The van der Waals surface area contributed by atoms with E-state index in [9.17, 15) is 14.4 Å². The van der Waals surface area contributed by atoms with Gasteiger partial charge < -0.3 is 19.1 Å². The quantitative estimate of drug-likeness (QED) is 0.399. The normalized spacial score (nSPS) is 21.5. The number of fused-ring (bicyclic) bond motifs is 2. The predicted octanol–water partition coefficient (Wildman–Crippen LogP) is 4.63. The van der Waals surface area contributed by atoms with Crippen molar-refractivity contribution in [3.8, 4) is 5.75 Å². The minimum atomic E-state index is -1.44. The number of likely N-dealkylation sites (N-methyl/N-ethyl adjacent to an activating group) is 1. The van der Waals surface area contributed by atoms with E-state index in [2.05, 4.69) is 0 Å². The lowest BCUT2D eigenvalue weighted by Gasteiger charge is -2.36. The fourth-order valence-electron chi connectivity index (χ4n) is 6.01. The second-order valence-corrected chi connectivity index (χ2v) is 9.75. The van der Waals surface area contributed by atoms with Crippen molar-refractivity contribution in [1.82, 2.24) is 0 Å². The summed E-state index contributed by atoms with van der Waals surface area (Å²) in [7, 11) is 3.22. The van der Waals surface area contributed by atoms with Gasteiger partial charge in [-0.15, -0.1) is 0 Å². The van der Waals surface area contributed by atoms with E-state index >= 15 is 0 Å². The van der Waals surface area contributed by atoms with Gasteiger partial charge in [0.15, 0.2) is 0 Å². The SMILES string of the molecule is CCOC(=O)[C@@H]1C(C(=O)OCc2ccccc2)=C[C@@H](Cc2ccccc2)[C@]12C(=O)N(C)c1cccc(OC)c12. The Kier molecular flexibility index (Phi) is 7.24. The molecule has 0 unspecified atom stereocenters. The molecule has 7 heteroatoms. The second-order valence-electron chi connectivity index (χ2n) is 9.75. The third-order valence-corrected chi connectivity index (χ3v) is 7.66.